The van der Waals surface area contributed by atoms with Crippen LogP contribution in [0.5, 0.6) is 5.75 Å². The van der Waals surface area contributed by atoms with Crippen molar-refractivity contribution in [1.29, 1.82) is 0 Å². The lowest BCUT2D eigenvalue weighted by molar-refractivity contribution is 0.195. The SMILES string of the molecule is COc1ccc(N2C(=S)N(c3ccccc3)N3N(c4ccccc4)N=C(c4ccccc4)C23c2ccccc2)cc1. The first-order valence-electron chi connectivity index (χ1n) is 13.4. The van der Waals surface area contributed by atoms with Gasteiger partial charge in [0.25, 0.3) is 0 Å². The molecule has 1 unspecified atom stereocenters. The quantitative estimate of drug-likeness (QED) is 0.207. The van der Waals surface area contributed by atoms with Crippen molar-refractivity contribution in [1.82, 2.24) is 5.12 Å². The van der Waals surface area contributed by atoms with E-state index in [1.54, 1.807) is 7.11 Å². The van der Waals surface area contributed by atoms with E-state index < -0.39 is 5.66 Å². The van der Waals surface area contributed by atoms with Gasteiger partial charge in [0.05, 0.1) is 18.5 Å². The number of thiocarbonyl (C=S) groups is 1. The third-order valence-corrected chi connectivity index (χ3v) is 7.78. The first kappa shape index (κ1) is 25.0. The molecular weight excluding hydrogens is 526 g/mol. The van der Waals surface area contributed by atoms with Gasteiger partial charge in [-0.3, -0.25) is 4.90 Å². The highest BCUT2D eigenvalue weighted by Gasteiger charge is 2.65. The zero-order valence-corrected chi connectivity index (χ0v) is 23.2. The Morgan fingerprint density at radius 1 is 0.610 bits per heavy atom. The third kappa shape index (κ3) is 3.89. The van der Waals surface area contributed by atoms with Crippen LogP contribution < -0.4 is 19.8 Å². The number of nitrogens with zero attached hydrogens (tertiary/aromatic N) is 5. The van der Waals surface area contributed by atoms with Crippen molar-refractivity contribution in [3.05, 3.63) is 157 Å². The van der Waals surface area contributed by atoms with Gasteiger partial charge in [0.1, 0.15) is 11.5 Å². The fourth-order valence-electron chi connectivity index (χ4n) is 5.63. The largest absolute Gasteiger partial charge is 0.497 e. The molecule has 0 radical (unpaired) electrons. The van der Waals surface area contributed by atoms with E-state index in [0.717, 1.165) is 39.7 Å². The summed E-state index contributed by atoms with van der Waals surface area (Å²) in [5.74, 6) is 0.777. The molecule has 5 aromatic rings. The van der Waals surface area contributed by atoms with E-state index in [1.807, 2.05) is 77.9 Å². The summed E-state index contributed by atoms with van der Waals surface area (Å²) in [7, 11) is 1.68. The second kappa shape index (κ2) is 10.2. The molecule has 2 aliphatic heterocycles. The molecule has 1 fully saturated rings. The molecule has 7 rings (SSSR count). The van der Waals surface area contributed by atoms with Gasteiger partial charge in [-0.25, -0.2) is 5.01 Å². The highest BCUT2D eigenvalue weighted by molar-refractivity contribution is 7.80. The van der Waals surface area contributed by atoms with E-state index in [1.165, 1.54) is 0 Å². The minimum Gasteiger partial charge on any atom is -0.497 e. The van der Waals surface area contributed by atoms with Crippen molar-refractivity contribution in [3.8, 4) is 5.75 Å². The molecule has 0 bridgehead atoms. The van der Waals surface area contributed by atoms with Crippen LogP contribution in [0.15, 0.2) is 151 Å². The molecule has 2 aliphatic rings. The molecule has 0 saturated carbocycles. The van der Waals surface area contributed by atoms with Crippen LogP contribution in [0.25, 0.3) is 0 Å². The summed E-state index contributed by atoms with van der Waals surface area (Å²) in [6.07, 6.45) is 0. The fraction of sp³-hybridized carbons (Fsp3) is 0.0588. The predicted octanol–water partition coefficient (Wildman–Crippen LogP) is 7.22. The summed E-state index contributed by atoms with van der Waals surface area (Å²) in [6.45, 7) is 0. The van der Waals surface area contributed by atoms with Gasteiger partial charge < -0.3 is 4.74 Å². The van der Waals surface area contributed by atoms with Gasteiger partial charge >= 0.3 is 0 Å². The molecule has 0 aromatic heterocycles. The second-order valence-electron chi connectivity index (χ2n) is 9.73. The average molecular weight is 554 g/mol. The molecule has 0 spiro atoms. The normalized spacial score (nSPS) is 18.4. The Labute approximate surface area is 244 Å². The molecule has 0 N–H and O–H groups in total. The van der Waals surface area contributed by atoms with Crippen LogP contribution in [-0.2, 0) is 5.66 Å². The lowest BCUT2D eigenvalue weighted by Gasteiger charge is -2.41. The molecule has 5 aromatic carbocycles. The van der Waals surface area contributed by atoms with Crippen LogP contribution in [0.4, 0.5) is 17.1 Å². The molecular formula is C34H27N5OS. The molecule has 6 nitrogen and oxygen atoms in total. The minimum absolute atomic E-state index is 0.620. The second-order valence-corrected chi connectivity index (χ2v) is 10.1. The molecule has 41 heavy (non-hydrogen) atoms. The number of rotatable bonds is 6. The number of hydrazone groups is 1. The summed E-state index contributed by atoms with van der Waals surface area (Å²) >= 11 is 6.42. The van der Waals surface area contributed by atoms with E-state index in [2.05, 4.69) is 87.8 Å². The number of methoxy groups -OCH3 is 1. The number of para-hydroxylation sites is 2. The van der Waals surface area contributed by atoms with Gasteiger partial charge in [0, 0.05) is 16.8 Å². The van der Waals surface area contributed by atoms with Crippen LogP contribution in [-0.4, -0.2) is 23.1 Å². The van der Waals surface area contributed by atoms with E-state index in [9.17, 15) is 0 Å². The number of ether oxygens (including phenoxy) is 1. The Bertz CT molecular complexity index is 1700. The lowest BCUT2D eigenvalue weighted by Crippen LogP contribution is -2.58. The molecule has 7 heteroatoms. The fourth-order valence-corrected chi connectivity index (χ4v) is 6.05. The van der Waals surface area contributed by atoms with Crippen LogP contribution in [0.2, 0.25) is 0 Å². The molecule has 0 aliphatic carbocycles. The first-order valence-corrected chi connectivity index (χ1v) is 13.8. The number of hydrogen-bond donors (Lipinski definition) is 0. The Kier molecular flexibility index (Phi) is 6.23. The summed E-state index contributed by atoms with van der Waals surface area (Å²) in [6, 6.07) is 49.2. The average Bonchev–Trinajstić information content (AvgIpc) is 3.53. The van der Waals surface area contributed by atoms with E-state index in [4.69, 9.17) is 22.1 Å². The van der Waals surface area contributed by atoms with Crippen molar-refractivity contribution in [2.75, 3.05) is 22.1 Å². The Morgan fingerprint density at radius 2 is 1.15 bits per heavy atom. The standard InChI is InChI=1S/C34H27N5OS/c1-40-31-24-22-28(23-25-31)36-33(41)37(29-18-10-4-11-19-29)39-34(36,27-16-8-3-9-17-27)32(26-14-6-2-7-15-26)35-38(39)30-20-12-5-13-21-30/h2-25H,1H3. The molecule has 200 valence electrons. The number of hydrogen-bond acceptors (Lipinski definition) is 5. The monoisotopic (exact) mass is 553 g/mol. The highest BCUT2D eigenvalue weighted by atomic mass is 32.1. The maximum Gasteiger partial charge on any atom is 0.211 e. The summed E-state index contributed by atoms with van der Waals surface area (Å²) in [4.78, 5) is 2.21. The number of fused-ring (bicyclic) bond motifs is 1. The van der Waals surface area contributed by atoms with Crippen LogP contribution in [0.1, 0.15) is 11.1 Å². The topological polar surface area (TPSA) is 34.6 Å². The van der Waals surface area contributed by atoms with Gasteiger partial charge in [-0.05, 0) is 60.7 Å². The first-order chi connectivity index (χ1) is 20.2. The molecule has 1 saturated heterocycles. The smallest absolute Gasteiger partial charge is 0.211 e. The molecule has 1 atom stereocenters. The van der Waals surface area contributed by atoms with Crippen molar-refractivity contribution < 1.29 is 4.74 Å². The van der Waals surface area contributed by atoms with Crippen molar-refractivity contribution in [3.63, 3.8) is 0 Å². The van der Waals surface area contributed by atoms with Crippen LogP contribution in [0.3, 0.4) is 0 Å². The molecule has 2 heterocycles. The summed E-state index contributed by atoms with van der Waals surface area (Å²) < 4.78 is 5.51. The van der Waals surface area contributed by atoms with E-state index in [0.29, 0.717) is 5.11 Å². The minimum atomic E-state index is -0.958. The summed E-state index contributed by atoms with van der Waals surface area (Å²) in [5.41, 5.74) is 4.68. The van der Waals surface area contributed by atoms with Gasteiger partial charge in [-0.1, -0.05) is 102 Å². The lowest BCUT2D eigenvalue weighted by atomic mass is 9.88. The highest BCUT2D eigenvalue weighted by Crippen LogP contribution is 2.52. The van der Waals surface area contributed by atoms with E-state index in [-0.39, 0.29) is 0 Å². The third-order valence-electron chi connectivity index (χ3n) is 7.42. The number of hydrazine groups is 2. The van der Waals surface area contributed by atoms with Gasteiger partial charge in [0.2, 0.25) is 5.66 Å². The number of anilines is 3. The van der Waals surface area contributed by atoms with Crippen molar-refractivity contribution in [2.24, 2.45) is 5.10 Å². The Balaban J connectivity index is 1.58. The van der Waals surface area contributed by atoms with Crippen LogP contribution >= 0.6 is 12.2 Å². The van der Waals surface area contributed by atoms with Crippen LogP contribution in [0, 0.1) is 0 Å². The van der Waals surface area contributed by atoms with Gasteiger partial charge in [0.15, 0.2) is 5.11 Å². The van der Waals surface area contributed by atoms with Gasteiger partial charge in [-0.15, -0.1) is 0 Å². The van der Waals surface area contributed by atoms with E-state index >= 15 is 0 Å². The van der Waals surface area contributed by atoms with Crippen molar-refractivity contribution >= 4 is 40.1 Å². The van der Waals surface area contributed by atoms with Gasteiger partial charge in [-0.2, -0.15) is 10.2 Å². The zero-order chi connectivity index (χ0) is 27.8. The Morgan fingerprint density at radius 3 is 1.73 bits per heavy atom. The number of benzene rings is 5. The van der Waals surface area contributed by atoms with Crippen molar-refractivity contribution in [2.45, 2.75) is 5.66 Å². The Hall–Kier alpha value is -4.98. The predicted molar refractivity (Wildman–Crippen MR) is 169 cm³/mol. The maximum atomic E-state index is 6.42. The zero-order valence-electron chi connectivity index (χ0n) is 22.4. The maximum absolute atomic E-state index is 6.42. The molecule has 0 amide bonds. The summed E-state index contributed by atoms with van der Waals surface area (Å²) in [5, 5.41) is 12.2.